The van der Waals surface area contributed by atoms with Crippen molar-refractivity contribution in [3.8, 4) is 11.5 Å². The third-order valence-corrected chi connectivity index (χ3v) is 2.63. The van der Waals surface area contributed by atoms with Crippen LogP contribution in [0.5, 0.6) is 11.5 Å². The Labute approximate surface area is 126 Å². The Morgan fingerprint density at radius 2 is 1.81 bits per heavy atom. The zero-order valence-corrected chi connectivity index (χ0v) is 11.2. The number of benzene rings is 1. The second-order valence-electron chi connectivity index (χ2n) is 4.94. The first-order valence-electron chi connectivity index (χ1n) is 5.86. The van der Waals surface area contributed by atoms with E-state index in [1.54, 1.807) is 0 Å². The molecule has 0 saturated heterocycles. The number of carbonyl (C=O) groups is 1. The Balaban J connectivity index is 2.26. The molecule has 1 aromatic carbocycles. The van der Waals surface area contributed by atoms with Crippen molar-refractivity contribution in [1.82, 2.24) is 5.32 Å². The molecule has 0 bridgehead atoms. The van der Waals surface area contributed by atoms with Gasteiger partial charge in [-0.05, 0) is 25.1 Å². The number of hydrogen-bond donors (Lipinski definition) is 3. The molecular weight excluding hydrogens is 269 g/mol. The zero-order valence-electron chi connectivity index (χ0n) is 11.2. The molecule has 100 valence electrons. The van der Waals surface area contributed by atoms with Gasteiger partial charge in [0.2, 0.25) is 5.78 Å². The second kappa shape index (κ2) is 4.83. The van der Waals surface area contributed by atoms with Crippen molar-refractivity contribution < 1.29 is 24.5 Å². The Morgan fingerprint density at radius 3 is 2.38 bits per heavy atom. The highest BCUT2D eigenvalue weighted by molar-refractivity contribution is 6.39. The van der Waals surface area contributed by atoms with Crippen LogP contribution in [0.2, 0.25) is 0 Å². The van der Waals surface area contributed by atoms with Gasteiger partial charge in [-0.25, -0.2) is 0 Å². The molecule has 10 heteroatoms. The summed E-state index contributed by atoms with van der Waals surface area (Å²) in [6.45, 7) is 1.08. The molecule has 2 rings (SSSR count). The molecule has 21 heavy (non-hydrogen) atoms. The number of aliphatic hydroxyl groups is 2. The Bertz CT molecular complexity index is 584. The number of rotatable bonds is 4. The summed E-state index contributed by atoms with van der Waals surface area (Å²) in [7, 11) is 21.1. The number of ether oxygens (including phenoxy) is 2. The highest BCUT2D eigenvalue weighted by atomic mass is 16.7. The van der Waals surface area contributed by atoms with Crippen LogP contribution >= 0.6 is 0 Å². The second-order valence-corrected chi connectivity index (χ2v) is 4.94. The lowest BCUT2D eigenvalue weighted by Crippen LogP contribution is -2.61. The van der Waals surface area contributed by atoms with Gasteiger partial charge in [0, 0.05) is 11.1 Å². The zero-order chi connectivity index (χ0) is 16.1. The van der Waals surface area contributed by atoms with E-state index >= 15 is 0 Å². The monoisotopic (exact) mass is 279 g/mol. The van der Waals surface area contributed by atoms with Gasteiger partial charge in [-0.3, -0.25) is 10.1 Å². The standard InChI is InChI=1S/C11H9B4NO5/c1-9(18,16-10(12,13)19)8(17)5-2-3-6-7(4-5)21-11(14,15)20-6/h2-4,16,18-19H,1H3/t9-/m0/s1. The van der Waals surface area contributed by atoms with Crippen molar-refractivity contribution in [2.75, 3.05) is 0 Å². The summed E-state index contributed by atoms with van der Waals surface area (Å²) in [6.07, 6.45) is 0. The summed E-state index contributed by atoms with van der Waals surface area (Å²) in [5.74, 6) is -0.425. The minimum atomic E-state index is -2.43. The summed E-state index contributed by atoms with van der Waals surface area (Å²) >= 11 is 0. The van der Waals surface area contributed by atoms with Crippen LogP contribution in [0.25, 0.3) is 0 Å². The van der Waals surface area contributed by atoms with Crippen LogP contribution in [0.15, 0.2) is 18.2 Å². The van der Waals surface area contributed by atoms with Crippen LogP contribution in [0.4, 0.5) is 0 Å². The molecule has 0 aromatic heterocycles. The first kappa shape index (κ1) is 16.0. The van der Waals surface area contributed by atoms with Crippen molar-refractivity contribution in [3.63, 3.8) is 0 Å². The average molecular weight is 278 g/mol. The Morgan fingerprint density at radius 1 is 1.24 bits per heavy atom. The molecule has 0 unspecified atom stereocenters. The molecule has 6 nitrogen and oxygen atoms in total. The summed E-state index contributed by atoms with van der Waals surface area (Å²) < 4.78 is 10.1. The normalized spacial score (nSPS) is 19.0. The van der Waals surface area contributed by atoms with E-state index in [0.717, 1.165) is 6.92 Å². The molecule has 0 saturated carbocycles. The van der Waals surface area contributed by atoms with Crippen LogP contribution in [0.1, 0.15) is 17.3 Å². The molecule has 1 heterocycles. The van der Waals surface area contributed by atoms with Gasteiger partial charge < -0.3 is 19.7 Å². The maximum atomic E-state index is 12.2. The fourth-order valence-electron chi connectivity index (χ4n) is 1.91. The predicted octanol–water partition coefficient (Wildman–Crippen LogP) is -2.17. The first-order chi connectivity index (χ1) is 9.40. The minimum absolute atomic E-state index is 0.0387. The smallest absolute Gasteiger partial charge is 0.209 e. The lowest BCUT2D eigenvalue weighted by atomic mass is 9.72. The number of fused-ring (bicyclic) bond motifs is 1. The third-order valence-electron chi connectivity index (χ3n) is 2.63. The van der Waals surface area contributed by atoms with Crippen LogP contribution in [0, 0.1) is 0 Å². The van der Waals surface area contributed by atoms with Crippen molar-refractivity contribution in [1.29, 1.82) is 0 Å². The SMILES string of the molecule is [B]C([B])(O)N[C@@](C)(O)C(=O)c1ccc2c(c1)OC([B])([B])O2. The number of ketones is 1. The van der Waals surface area contributed by atoms with Crippen LogP contribution in [-0.2, 0) is 0 Å². The lowest BCUT2D eigenvalue weighted by Gasteiger charge is -2.32. The number of nitrogens with one attached hydrogen (secondary N) is 1. The molecule has 0 aliphatic carbocycles. The highest BCUT2D eigenvalue weighted by Gasteiger charge is 2.37. The van der Waals surface area contributed by atoms with E-state index in [0.29, 0.717) is 0 Å². The quantitative estimate of drug-likeness (QED) is 0.330. The van der Waals surface area contributed by atoms with Crippen LogP contribution < -0.4 is 14.8 Å². The van der Waals surface area contributed by atoms with Gasteiger partial charge in [-0.2, -0.15) is 0 Å². The molecule has 0 amide bonds. The minimum Gasteiger partial charge on any atom is -0.468 e. The maximum absolute atomic E-state index is 12.2. The van der Waals surface area contributed by atoms with Gasteiger partial charge in [0.15, 0.2) is 38.5 Å². The van der Waals surface area contributed by atoms with E-state index in [-0.39, 0.29) is 17.1 Å². The van der Waals surface area contributed by atoms with Crippen molar-refractivity contribution in [2.24, 2.45) is 0 Å². The van der Waals surface area contributed by atoms with E-state index < -0.39 is 22.6 Å². The van der Waals surface area contributed by atoms with Crippen LogP contribution in [-0.4, -0.2) is 64.2 Å². The van der Waals surface area contributed by atoms with E-state index in [1.807, 2.05) is 5.32 Å². The fraction of sp³-hybridized carbons (Fsp3) is 0.364. The van der Waals surface area contributed by atoms with Gasteiger partial charge in [-0.15, -0.1) is 0 Å². The molecule has 1 atom stereocenters. The van der Waals surface area contributed by atoms with Gasteiger partial charge >= 0.3 is 0 Å². The number of Topliss-reactive ketones (excluding diaryl/α,β-unsaturated/α-hetero) is 1. The van der Waals surface area contributed by atoms with E-state index in [9.17, 15) is 15.0 Å². The summed E-state index contributed by atoms with van der Waals surface area (Å²) in [5.41, 5.74) is -6.43. The molecule has 0 spiro atoms. The third kappa shape index (κ3) is 3.64. The van der Waals surface area contributed by atoms with Gasteiger partial charge in [0.25, 0.3) is 0 Å². The van der Waals surface area contributed by atoms with Crippen molar-refractivity contribution in [2.45, 2.75) is 23.8 Å². The first-order valence-corrected chi connectivity index (χ1v) is 5.86. The maximum Gasteiger partial charge on any atom is 0.209 e. The number of carbonyl (C=O) groups excluding carboxylic acids is 1. The molecule has 0 fully saturated rings. The topological polar surface area (TPSA) is 88.0 Å². The summed E-state index contributed by atoms with van der Waals surface area (Å²) in [4.78, 5) is 12.2. The van der Waals surface area contributed by atoms with E-state index in [2.05, 4.69) is 0 Å². The van der Waals surface area contributed by atoms with Crippen LogP contribution in [0.3, 0.4) is 0 Å². The highest BCUT2D eigenvalue weighted by Crippen LogP contribution is 2.38. The molecule has 1 aromatic rings. The van der Waals surface area contributed by atoms with Gasteiger partial charge in [0.1, 0.15) is 15.7 Å². The summed E-state index contributed by atoms with van der Waals surface area (Å²) in [6, 6.07) is 4.03. The lowest BCUT2D eigenvalue weighted by molar-refractivity contribution is -0.00834. The van der Waals surface area contributed by atoms with Gasteiger partial charge in [0.05, 0.1) is 0 Å². The number of hydrogen-bond acceptors (Lipinski definition) is 6. The average Bonchev–Trinajstić information content (AvgIpc) is 2.57. The van der Waals surface area contributed by atoms with Gasteiger partial charge in [-0.1, -0.05) is 0 Å². The predicted molar refractivity (Wildman–Crippen MR) is 76.5 cm³/mol. The molecule has 3 N–H and O–H groups in total. The molecular formula is C11H9B4NO5. The fourth-order valence-corrected chi connectivity index (χ4v) is 1.91. The van der Waals surface area contributed by atoms with E-state index in [4.69, 9.17) is 40.9 Å². The summed E-state index contributed by atoms with van der Waals surface area (Å²) in [5, 5.41) is 21.2. The van der Waals surface area contributed by atoms with Crippen molar-refractivity contribution in [3.05, 3.63) is 23.8 Å². The Hall–Kier alpha value is -1.37. The molecule has 1 aliphatic rings. The molecule has 8 radical (unpaired) electrons. The van der Waals surface area contributed by atoms with Crippen molar-refractivity contribution >= 4 is 37.2 Å². The largest absolute Gasteiger partial charge is 0.468 e. The molecule has 1 aliphatic heterocycles. The Kier molecular flexibility index (Phi) is 3.68. The van der Waals surface area contributed by atoms with E-state index in [1.165, 1.54) is 18.2 Å².